The number of anilines is 1. The summed E-state index contributed by atoms with van der Waals surface area (Å²) in [6, 6.07) is 17.0. The van der Waals surface area contributed by atoms with Crippen LogP contribution in [0.15, 0.2) is 60.7 Å². The first-order valence-electron chi connectivity index (χ1n) is 11.7. The van der Waals surface area contributed by atoms with E-state index in [1.54, 1.807) is 42.5 Å². The summed E-state index contributed by atoms with van der Waals surface area (Å²) in [5.74, 6) is -0.678. The fourth-order valence-electron chi connectivity index (χ4n) is 4.89. The van der Waals surface area contributed by atoms with E-state index in [4.69, 9.17) is 0 Å². The Balaban J connectivity index is 1.29. The summed E-state index contributed by atoms with van der Waals surface area (Å²) in [5, 5.41) is 15.0. The Labute approximate surface area is 198 Å². The third-order valence-electron chi connectivity index (χ3n) is 6.74. The van der Waals surface area contributed by atoms with Gasteiger partial charge in [-0.3, -0.25) is 14.4 Å². The van der Waals surface area contributed by atoms with Crippen LogP contribution in [0.2, 0.25) is 0 Å². The van der Waals surface area contributed by atoms with Crippen molar-refractivity contribution in [3.8, 4) is 5.75 Å². The topological polar surface area (TPSA) is 90.0 Å². The van der Waals surface area contributed by atoms with E-state index in [9.17, 15) is 19.5 Å². The first-order valence-corrected chi connectivity index (χ1v) is 11.7. The van der Waals surface area contributed by atoms with E-state index in [1.165, 1.54) is 4.90 Å². The summed E-state index contributed by atoms with van der Waals surface area (Å²) in [4.78, 5) is 42.2. The standard InChI is InChI=1S/C27H27N3O4/c31-24-21-7-2-1-6-18(21)11-14-22(24)27(34)30-17-5-8-23(30)25(32)28-20-12-9-19(10-13-20)26(33)29-15-3-4-16-29/h1-2,6-7,9-14,23,31H,3-5,8,15-17H2,(H,28,32). The molecule has 1 unspecified atom stereocenters. The minimum Gasteiger partial charge on any atom is -0.506 e. The molecule has 2 aliphatic rings. The number of phenolic OH excluding ortho intramolecular Hbond substituents is 1. The molecular formula is C27H27N3O4. The van der Waals surface area contributed by atoms with Gasteiger partial charge in [-0.2, -0.15) is 0 Å². The van der Waals surface area contributed by atoms with Gasteiger partial charge in [-0.15, -0.1) is 0 Å². The van der Waals surface area contributed by atoms with Crippen molar-refractivity contribution in [3.05, 3.63) is 71.8 Å². The average molecular weight is 458 g/mol. The van der Waals surface area contributed by atoms with Crippen LogP contribution in [0.3, 0.4) is 0 Å². The highest BCUT2D eigenvalue weighted by Gasteiger charge is 2.35. The van der Waals surface area contributed by atoms with Gasteiger partial charge in [-0.25, -0.2) is 0 Å². The molecule has 2 N–H and O–H groups in total. The van der Waals surface area contributed by atoms with Crippen molar-refractivity contribution in [2.75, 3.05) is 25.0 Å². The SMILES string of the molecule is O=C(Nc1ccc(C(=O)N2CCCC2)cc1)C1CCCN1C(=O)c1ccc2ccccc2c1O. The van der Waals surface area contributed by atoms with Crippen molar-refractivity contribution in [3.63, 3.8) is 0 Å². The maximum Gasteiger partial charge on any atom is 0.258 e. The minimum absolute atomic E-state index is 0.0122. The minimum atomic E-state index is -0.621. The molecule has 2 saturated heterocycles. The number of hydrogen-bond acceptors (Lipinski definition) is 4. The fourth-order valence-corrected chi connectivity index (χ4v) is 4.89. The van der Waals surface area contributed by atoms with Gasteiger partial charge < -0.3 is 20.2 Å². The highest BCUT2D eigenvalue weighted by molar-refractivity contribution is 6.06. The van der Waals surface area contributed by atoms with E-state index in [0.717, 1.165) is 31.3 Å². The lowest BCUT2D eigenvalue weighted by molar-refractivity contribution is -0.119. The number of rotatable bonds is 4. The van der Waals surface area contributed by atoms with Gasteiger partial charge in [-0.05, 0) is 61.4 Å². The van der Waals surface area contributed by atoms with Crippen LogP contribution in [0, 0.1) is 0 Å². The quantitative estimate of drug-likeness (QED) is 0.619. The fraction of sp³-hybridized carbons (Fsp3) is 0.296. The first kappa shape index (κ1) is 21.9. The van der Waals surface area contributed by atoms with Gasteiger partial charge in [0, 0.05) is 36.3 Å². The monoisotopic (exact) mass is 457 g/mol. The molecule has 0 spiro atoms. The molecule has 3 aromatic carbocycles. The molecule has 2 aliphatic heterocycles. The zero-order chi connectivity index (χ0) is 23.7. The molecule has 174 valence electrons. The number of nitrogens with zero attached hydrogens (tertiary/aromatic N) is 2. The van der Waals surface area contributed by atoms with Crippen LogP contribution < -0.4 is 5.32 Å². The molecule has 7 heteroatoms. The Bertz CT molecular complexity index is 1250. The predicted molar refractivity (Wildman–Crippen MR) is 130 cm³/mol. The van der Waals surface area contributed by atoms with Crippen molar-refractivity contribution in [2.24, 2.45) is 0 Å². The van der Waals surface area contributed by atoms with Crippen LogP contribution >= 0.6 is 0 Å². The number of amides is 3. The molecule has 0 saturated carbocycles. The lowest BCUT2D eigenvalue weighted by Gasteiger charge is -2.24. The van der Waals surface area contributed by atoms with Crippen LogP contribution in [0.1, 0.15) is 46.4 Å². The van der Waals surface area contributed by atoms with Crippen LogP contribution in [0.25, 0.3) is 10.8 Å². The summed E-state index contributed by atoms with van der Waals surface area (Å²) in [5.41, 5.74) is 1.38. The second-order valence-corrected chi connectivity index (χ2v) is 8.91. The van der Waals surface area contributed by atoms with Gasteiger partial charge >= 0.3 is 0 Å². The summed E-state index contributed by atoms with van der Waals surface area (Å²) >= 11 is 0. The van der Waals surface area contributed by atoms with Crippen LogP contribution in [-0.4, -0.2) is 58.3 Å². The number of likely N-dealkylation sites (tertiary alicyclic amines) is 2. The van der Waals surface area contributed by atoms with Crippen molar-refractivity contribution in [1.29, 1.82) is 0 Å². The van der Waals surface area contributed by atoms with Crippen LogP contribution in [0.5, 0.6) is 5.75 Å². The van der Waals surface area contributed by atoms with E-state index in [0.29, 0.717) is 36.0 Å². The van der Waals surface area contributed by atoms with E-state index in [-0.39, 0.29) is 29.0 Å². The summed E-state index contributed by atoms with van der Waals surface area (Å²) in [6.45, 7) is 2.03. The lowest BCUT2D eigenvalue weighted by atomic mass is 10.0. The number of carbonyl (C=O) groups excluding carboxylic acids is 3. The van der Waals surface area contributed by atoms with Crippen molar-refractivity contribution in [1.82, 2.24) is 9.80 Å². The molecule has 2 heterocycles. The molecule has 0 radical (unpaired) electrons. The van der Waals surface area contributed by atoms with Crippen LogP contribution in [-0.2, 0) is 4.79 Å². The summed E-state index contributed by atoms with van der Waals surface area (Å²) < 4.78 is 0. The molecule has 0 aliphatic carbocycles. The average Bonchev–Trinajstić information content (AvgIpc) is 3.57. The second kappa shape index (κ2) is 9.17. The maximum atomic E-state index is 13.3. The predicted octanol–water partition coefficient (Wildman–Crippen LogP) is 4.02. The van der Waals surface area contributed by atoms with E-state index < -0.39 is 6.04 Å². The Morgan fingerprint density at radius 3 is 2.32 bits per heavy atom. The number of nitrogens with one attached hydrogen (secondary N) is 1. The number of fused-ring (bicyclic) bond motifs is 1. The van der Waals surface area contributed by atoms with E-state index in [2.05, 4.69) is 5.32 Å². The Morgan fingerprint density at radius 1 is 0.824 bits per heavy atom. The molecule has 0 bridgehead atoms. The number of phenols is 1. The van der Waals surface area contributed by atoms with Gasteiger partial charge in [0.2, 0.25) is 5.91 Å². The van der Waals surface area contributed by atoms with Crippen molar-refractivity contribution < 1.29 is 19.5 Å². The molecule has 3 amide bonds. The Morgan fingerprint density at radius 2 is 1.56 bits per heavy atom. The molecule has 1 atom stereocenters. The van der Waals surface area contributed by atoms with Gasteiger partial charge in [0.15, 0.2) is 0 Å². The number of aromatic hydroxyl groups is 1. The van der Waals surface area contributed by atoms with Crippen LogP contribution in [0.4, 0.5) is 5.69 Å². The first-order chi connectivity index (χ1) is 16.5. The third kappa shape index (κ3) is 4.09. The summed E-state index contributed by atoms with van der Waals surface area (Å²) in [7, 11) is 0. The van der Waals surface area contributed by atoms with Gasteiger partial charge in [-0.1, -0.05) is 30.3 Å². The molecule has 0 aromatic heterocycles. The molecular weight excluding hydrogens is 430 g/mol. The zero-order valence-electron chi connectivity index (χ0n) is 18.9. The lowest BCUT2D eigenvalue weighted by Crippen LogP contribution is -2.43. The number of benzene rings is 3. The number of carbonyl (C=O) groups is 3. The molecule has 34 heavy (non-hydrogen) atoms. The van der Waals surface area contributed by atoms with Crippen molar-refractivity contribution in [2.45, 2.75) is 31.7 Å². The second-order valence-electron chi connectivity index (χ2n) is 8.91. The smallest absolute Gasteiger partial charge is 0.258 e. The van der Waals surface area contributed by atoms with E-state index >= 15 is 0 Å². The molecule has 2 fully saturated rings. The summed E-state index contributed by atoms with van der Waals surface area (Å²) in [6.07, 6.45) is 3.33. The third-order valence-corrected chi connectivity index (χ3v) is 6.74. The zero-order valence-corrected chi connectivity index (χ0v) is 18.9. The van der Waals surface area contributed by atoms with Gasteiger partial charge in [0.25, 0.3) is 11.8 Å². The maximum absolute atomic E-state index is 13.3. The molecule has 3 aromatic rings. The normalized spacial score (nSPS) is 17.8. The van der Waals surface area contributed by atoms with Gasteiger partial charge in [0.05, 0.1) is 5.56 Å². The van der Waals surface area contributed by atoms with Crippen molar-refractivity contribution >= 4 is 34.2 Å². The number of hydrogen-bond donors (Lipinski definition) is 2. The largest absolute Gasteiger partial charge is 0.506 e. The van der Waals surface area contributed by atoms with E-state index in [1.807, 2.05) is 23.1 Å². The highest BCUT2D eigenvalue weighted by atomic mass is 16.3. The highest BCUT2D eigenvalue weighted by Crippen LogP contribution is 2.31. The molecule has 5 rings (SSSR count). The Hall–Kier alpha value is -3.87. The Kier molecular flexibility index (Phi) is 5.92. The molecule has 7 nitrogen and oxygen atoms in total. The van der Waals surface area contributed by atoms with Gasteiger partial charge in [0.1, 0.15) is 11.8 Å².